The van der Waals surface area contributed by atoms with Crippen molar-refractivity contribution < 1.29 is 9.72 Å². The molecule has 20 heavy (non-hydrogen) atoms. The van der Waals surface area contributed by atoms with Crippen LogP contribution < -0.4 is 5.32 Å². The lowest BCUT2D eigenvalue weighted by Crippen LogP contribution is -2.28. The van der Waals surface area contributed by atoms with E-state index in [1.54, 1.807) is 0 Å². The van der Waals surface area contributed by atoms with E-state index in [0.717, 1.165) is 16.9 Å². The van der Waals surface area contributed by atoms with Crippen LogP contribution in [0.4, 0.5) is 5.00 Å². The van der Waals surface area contributed by atoms with Crippen molar-refractivity contribution in [2.45, 2.75) is 6.04 Å². The molecule has 1 amide bonds. The fourth-order valence-electron chi connectivity index (χ4n) is 1.67. The first-order chi connectivity index (χ1) is 9.61. The van der Waals surface area contributed by atoms with Crippen LogP contribution in [0.25, 0.3) is 0 Å². The maximum atomic E-state index is 12.0. The van der Waals surface area contributed by atoms with E-state index < -0.39 is 4.92 Å². The number of alkyl halides is 1. The number of nitrogens with one attached hydrogen (secondary N) is 1. The van der Waals surface area contributed by atoms with E-state index in [9.17, 15) is 14.9 Å². The molecule has 104 valence electrons. The maximum Gasteiger partial charge on any atom is 0.324 e. The molecule has 1 N–H and O–H groups in total. The van der Waals surface area contributed by atoms with Gasteiger partial charge in [0.15, 0.2) is 0 Å². The Kier molecular flexibility index (Phi) is 4.70. The average Bonchev–Trinajstić information content (AvgIpc) is 2.95. The molecule has 1 aromatic carbocycles. The van der Waals surface area contributed by atoms with Crippen molar-refractivity contribution >= 4 is 33.8 Å². The molecule has 1 aromatic heterocycles. The molecule has 0 aliphatic heterocycles. The third-order valence-corrected chi connectivity index (χ3v) is 4.00. The van der Waals surface area contributed by atoms with E-state index in [-0.39, 0.29) is 22.8 Å². The largest absolute Gasteiger partial charge is 0.343 e. The second kappa shape index (κ2) is 6.49. The summed E-state index contributed by atoms with van der Waals surface area (Å²) < 4.78 is 0. The van der Waals surface area contributed by atoms with Crippen molar-refractivity contribution in [2.75, 3.05) is 5.88 Å². The van der Waals surface area contributed by atoms with Gasteiger partial charge >= 0.3 is 5.00 Å². The Labute approximate surface area is 124 Å². The van der Waals surface area contributed by atoms with E-state index in [4.69, 9.17) is 11.6 Å². The van der Waals surface area contributed by atoms with Crippen LogP contribution in [0, 0.1) is 10.1 Å². The number of nitrogens with zero attached hydrogens (tertiary/aromatic N) is 1. The van der Waals surface area contributed by atoms with Gasteiger partial charge in [0.05, 0.1) is 15.8 Å². The minimum atomic E-state index is -0.516. The van der Waals surface area contributed by atoms with E-state index in [1.807, 2.05) is 30.3 Å². The monoisotopic (exact) mass is 310 g/mol. The molecule has 0 saturated carbocycles. The van der Waals surface area contributed by atoms with Crippen molar-refractivity contribution in [3.05, 3.63) is 63.0 Å². The standard InChI is InChI=1S/C13H11ClN2O3S/c14-8-10(9-4-2-1-3-5-9)15-13(17)11-6-7-12(20-11)16(18)19/h1-7,10H,8H2,(H,15,17). The second-order valence-electron chi connectivity index (χ2n) is 3.99. The SMILES string of the molecule is O=C(NC(CCl)c1ccccc1)c1ccc([N+](=O)[O-])s1. The summed E-state index contributed by atoms with van der Waals surface area (Å²) in [5.41, 5.74) is 0.891. The fourth-order valence-corrected chi connectivity index (χ4v) is 2.65. The summed E-state index contributed by atoms with van der Waals surface area (Å²) in [7, 11) is 0. The van der Waals surface area contributed by atoms with Crippen molar-refractivity contribution in [3.8, 4) is 0 Å². The van der Waals surface area contributed by atoms with Gasteiger partial charge in [-0.2, -0.15) is 0 Å². The highest BCUT2D eigenvalue weighted by Crippen LogP contribution is 2.24. The van der Waals surface area contributed by atoms with Crippen molar-refractivity contribution in [3.63, 3.8) is 0 Å². The van der Waals surface area contributed by atoms with Gasteiger partial charge in [0.25, 0.3) is 5.91 Å². The molecule has 0 aliphatic carbocycles. The zero-order valence-electron chi connectivity index (χ0n) is 10.3. The predicted octanol–water partition coefficient (Wildman–Crippen LogP) is 3.37. The Morgan fingerprint density at radius 3 is 2.55 bits per heavy atom. The molecule has 1 unspecified atom stereocenters. The molecular weight excluding hydrogens is 300 g/mol. The number of carbonyl (C=O) groups is 1. The summed E-state index contributed by atoms with van der Waals surface area (Å²) in [4.78, 5) is 22.4. The molecule has 5 nitrogen and oxygen atoms in total. The molecule has 7 heteroatoms. The number of halogens is 1. The molecule has 0 radical (unpaired) electrons. The first kappa shape index (κ1) is 14.5. The minimum absolute atomic E-state index is 0.0581. The summed E-state index contributed by atoms with van der Waals surface area (Å²) in [6, 6.07) is 11.7. The minimum Gasteiger partial charge on any atom is -0.343 e. The van der Waals surface area contributed by atoms with Crippen LogP contribution in [0.2, 0.25) is 0 Å². The van der Waals surface area contributed by atoms with E-state index in [2.05, 4.69) is 5.32 Å². The second-order valence-corrected chi connectivity index (χ2v) is 5.36. The highest BCUT2D eigenvalue weighted by molar-refractivity contribution is 7.17. The molecular formula is C13H11ClN2O3S. The molecule has 0 fully saturated rings. The lowest BCUT2D eigenvalue weighted by atomic mass is 10.1. The summed E-state index contributed by atoms with van der Waals surface area (Å²) >= 11 is 6.71. The Morgan fingerprint density at radius 1 is 1.30 bits per heavy atom. The van der Waals surface area contributed by atoms with Gasteiger partial charge in [0.2, 0.25) is 0 Å². The van der Waals surface area contributed by atoms with Crippen molar-refractivity contribution in [2.24, 2.45) is 0 Å². The molecule has 0 aliphatic rings. The maximum absolute atomic E-state index is 12.0. The lowest BCUT2D eigenvalue weighted by Gasteiger charge is -2.15. The van der Waals surface area contributed by atoms with Gasteiger partial charge in [0.1, 0.15) is 0 Å². The topological polar surface area (TPSA) is 72.2 Å². The molecule has 2 rings (SSSR count). The summed E-state index contributed by atoms with van der Waals surface area (Å²) in [6.07, 6.45) is 0. The van der Waals surface area contributed by atoms with Gasteiger partial charge < -0.3 is 5.32 Å². The van der Waals surface area contributed by atoms with E-state index in [0.29, 0.717) is 4.88 Å². The highest BCUT2D eigenvalue weighted by Gasteiger charge is 2.18. The average molecular weight is 311 g/mol. The first-order valence-electron chi connectivity index (χ1n) is 5.78. The lowest BCUT2D eigenvalue weighted by molar-refractivity contribution is -0.380. The number of thiophene rings is 1. The van der Waals surface area contributed by atoms with Crippen LogP contribution >= 0.6 is 22.9 Å². The Morgan fingerprint density at radius 2 is 2.00 bits per heavy atom. The third-order valence-electron chi connectivity index (χ3n) is 2.66. The van der Waals surface area contributed by atoms with Crippen LogP contribution in [0.5, 0.6) is 0 Å². The Balaban J connectivity index is 2.11. The van der Waals surface area contributed by atoms with Crippen LogP contribution in [0.1, 0.15) is 21.3 Å². The molecule has 2 aromatic rings. The molecule has 0 bridgehead atoms. The van der Waals surface area contributed by atoms with Gasteiger partial charge in [-0.1, -0.05) is 41.7 Å². The molecule has 1 heterocycles. The fraction of sp³-hybridized carbons (Fsp3) is 0.154. The van der Waals surface area contributed by atoms with Gasteiger partial charge in [-0.15, -0.1) is 11.6 Å². The highest BCUT2D eigenvalue weighted by atomic mass is 35.5. The number of amides is 1. The van der Waals surface area contributed by atoms with Crippen molar-refractivity contribution in [1.82, 2.24) is 5.32 Å². The van der Waals surface area contributed by atoms with Crippen LogP contribution in [-0.2, 0) is 0 Å². The number of carbonyl (C=O) groups excluding carboxylic acids is 1. The number of nitro groups is 1. The summed E-state index contributed by atoms with van der Waals surface area (Å²) in [5.74, 6) is -0.138. The zero-order chi connectivity index (χ0) is 14.5. The molecule has 0 saturated heterocycles. The van der Waals surface area contributed by atoms with Gasteiger partial charge in [-0.3, -0.25) is 14.9 Å². The number of rotatable bonds is 5. The van der Waals surface area contributed by atoms with Crippen molar-refractivity contribution in [1.29, 1.82) is 0 Å². The number of hydrogen-bond acceptors (Lipinski definition) is 4. The quantitative estimate of drug-likeness (QED) is 0.523. The van der Waals surface area contributed by atoms with E-state index >= 15 is 0 Å². The smallest absolute Gasteiger partial charge is 0.324 e. The first-order valence-corrected chi connectivity index (χ1v) is 7.13. The van der Waals surface area contributed by atoms with Gasteiger partial charge in [0, 0.05) is 11.9 Å². The van der Waals surface area contributed by atoms with E-state index in [1.165, 1.54) is 12.1 Å². The summed E-state index contributed by atoms with van der Waals surface area (Å²) in [5, 5.41) is 13.3. The number of benzene rings is 1. The van der Waals surface area contributed by atoms with Crippen LogP contribution in [-0.4, -0.2) is 16.7 Å². The molecule has 1 atom stereocenters. The van der Waals surface area contributed by atoms with Crippen LogP contribution in [0.3, 0.4) is 0 Å². The Hall–Kier alpha value is -1.92. The molecule has 0 spiro atoms. The van der Waals surface area contributed by atoms with Gasteiger partial charge in [-0.25, -0.2) is 0 Å². The normalized spacial score (nSPS) is 11.8. The summed E-state index contributed by atoms with van der Waals surface area (Å²) in [6.45, 7) is 0. The number of hydrogen-bond donors (Lipinski definition) is 1. The third kappa shape index (κ3) is 3.34. The zero-order valence-corrected chi connectivity index (χ0v) is 11.9. The van der Waals surface area contributed by atoms with Crippen LogP contribution in [0.15, 0.2) is 42.5 Å². The predicted molar refractivity (Wildman–Crippen MR) is 78.3 cm³/mol. The Bertz CT molecular complexity index is 615. The van der Waals surface area contributed by atoms with Gasteiger partial charge in [-0.05, 0) is 11.6 Å².